The summed E-state index contributed by atoms with van der Waals surface area (Å²) in [6.45, 7) is 2.12. The van der Waals surface area contributed by atoms with Crippen LogP contribution >= 0.6 is 11.8 Å². The lowest BCUT2D eigenvalue weighted by Gasteiger charge is -2.32. The fourth-order valence-electron chi connectivity index (χ4n) is 2.98. The van der Waals surface area contributed by atoms with Crippen LogP contribution in [0.2, 0.25) is 0 Å². The highest BCUT2D eigenvalue weighted by Gasteiger charge is 2.24. The molecule has 0 amide bonds. The molecule has 3 unspecified atom stereocenters. The Kier molecular flexibility index (Phi) is 5.71. The lowest BCUT2D eigenvalue weighted by molar-refractivity contribution is 0.335. The van der Waals surface area contributed by atoms with Crippen molar-refractivity contribution in [3.63, 3.8) is 0 Å². The fourth-order valence-corrected chi connectivity index (χ4v) is 3.81. The Bertz CT molecular complexity index is 396. The van der Waals surface area contributed by atoms with Crippen molar-refractivity contribution in [3.8, 4) is 0 Å². The van der Waals surface area contributed by atoms with Crippen LogP contribution in [0.5, 0.6) is 0 Å². The average molecular weight is 281 g/mol. The molecule has 3 heteroatoms. The first kappa shape index (κ1) is 14.9. The van der Waals surface area contributed by atoms with Crippen LogP contribution in [0.4, 0.5) is 4.39 Å². The van der Waals surface area contributed by atoms with Gasteiger partial charge in [0.25, 0.3) is 0 Å². The van der Waals surface area contributed by atoms with E-state index in [2.05, 4.69) is 18.5 Å². The zero-order valence-corrected chi connectivity index (χ0v) is 12.7. The van der Waals surface area contributed by atoms with Gasteiger partial charge in [0, 0.05) is 22.9 Å². The van der Waals surface area contributed by atoms with E-state index in [0.29, 0.717) is 6.04 Å². The third kappa shape index (κ3) is 3.96. The van der Waals surface area contributed by atoms with Crippen LogP contribution in [0.3, 0.4) is 0 Å². The highest BCUT2D eigenvalue weighted by molar-refractivity contribution is 7.99. The molecule has 1 fully saturated rings. The summed E-state index contributed by atoms with van der Waals surface area (Å²) in [6, 6.07) is 7.84. The number of benzene rings is 1. The van der Waals surface area contributed by atoms with Gasteiger partial charge in [0.15, 0.2) is 0 Å². The molecule has 1 N–H and O–H groups in total. The number of hydrogen-bond donors (Lipinski definition) is 1. The second-order valence-electron chi connectivity index (χ2n) is 5.37. The summed E-state index contributed by atoms with van der Waals surface area (Å²) < 4.78 is 13.9. The topological polar surface area (TPSA) is 12.0 Å². The van der Waals surface area contributed by atoms with Gasteiger partial charge in [0.05, 0.1) is 0 Å². The highest BCUT2D eigenvalue weighted by atomic mass is 32.2. The van der Waals surface area contributed by atoms with Crippen LogP contribution in [-0.2, 0) is 0 Å². The second-order valence-corrected chi connectivity index (χ2v) is 6.51. The van der Waals surface area contributed by atoms with Crippen molar-refractivity contribution in [3.05, 3.63) is 35.6 Å². The summed E-state index contributed by atoms with van der Waals surface area (Å²) in [5.41, 5.74) is 0.816. The molecule has 1 nitrogen and oxygen atoms in total. The fraction of sp³-hybridized carbons (Fsp3) is 0.625. The van der Waals surface area contributed by atoms with Crippen LogP contribution in [0.25, 0.3) is 0 Å². The van der Waals surface area contributed by atoms with Crippen LogP contribution in [-0.4, -0.2) is 17.5 Å². The number of rotatable bonds is 5. The maximum Gasteiger partial charge on any atom is 0.127 e. The predicted molar refractivity (Wildman–Crippen MR) is 82.1 cm³/mol. The van der Waals surface area contributed by atoms with E-state index in [1.807, 2.05) is 23.9 Å². The van der Waals surface area contributed by atoms with Crippen LogP contribution in [0.1, 0.15) is 50.6 Å². The van der Waals surface area contributed by atoms with Gasteiger partial charge >= 0.3 is 0 Å². The van der Waals surface area contributed by atoms with E-state index < -0.39 is 0 Å². The molecule has 0 heterocycles. The van der Waals surface area contributed by atoms with E-state index in [-0.39, 0.29) is 11.9 Å². The van der Waals surface area contributed by atoms with Gasteiger partial charge in [0.1, 0.15) is 5.82 Å². The lowest BCUT2D eigenvalue weighted by Crippen LogP contribution is -2.37. The van der Waals surface area contributed by atoms with E-state index in [4.69, 9.17) is 0 Å². The Morgan fingerprint density at radius 2 is 2.16 bits per heavy atom. The molecular formula is C16H24FNS. The molecule has 0 bridgehead atoms. The van der Waals surface area contributed by atoms with Crippen LogP contribution in [0, 0.1) is 5.82 Å². The minimum Gasteiger partial charge on any atom is -0.307 e. The average Bonchev–Trinajstić information content (AvgIpc) is 2.46. The monoisotopic (exact) mass is 281 g/mol. The standard InChI is InChI=1S/C16H24FNS/c1-3-16(14-9-4-5-10-15(14)17)18-12-7-6-8-13(11-12)19-2/h4-5,9-10,12-13,16,18H,3,6-8,11H2,1-2H3. The Balaban J connectivity index is 2.01. The van der Waals surface area contributed by atoms with E-state index in [9.17, 15) is 4.39 Å². The lowest BCUT2D eigenvalue weighted by atomic mass is 9.93. The quantitative estimate of drug-likeness (QED) is 0.850. The summed E-state index contributed by atoms with van der Waals surface area (Å²) in [4.78, 5) is 0. The molecule has 106 valence electrons. The summed E-state index contributed by atoms with van der Waals surface area (Å²) in [6.07, 6.45) is 8.18. The van der Waals surface area contributed by atoms with E-state index >= 15 is 0 Å². The first-order valence-corrected chi connectivity index (χ1v) is 8.56. The third-order valence-corrected chi connectivity index (χ3v) is 5.18. The van der Waals surface area contributed by atoms with Crippen molar-refractivity contribution in [2.45, 2.75) is 56.4 Å². The molecular weight excluding hydrogens is 257 g/mol. The molecule has 19 heavy (non-hydrogen) atoms. The molecule has 1 aliphatic carbocycles. The highest BCUT2D eigenvalue weighted by Crippen LogP contribution is 2.29. The zero-order chi connectivity index (χ0) is 13.7. The zero-order valence-electron chi connectivity index (χ0n) is 11.9. The van der Waals surface area contributed by atoms with E-state index in [1.165, 1.54) is 25.7 Å². The molecule has 0 spiro atoms. The first-order valence-electron chi connectivity index (χ1n) is 7.27. The molecule has 3 atom stereocenters. The van der Waals surface area contributed by atoms with Gasteiger partial charge < -0.3 is 5.32 Å². The minimum absolute atomic E-state index is 0.0842. The summed E-state index contributed by atoms with van der Waals surface area (Å²) in [5.74, 6) is -0.0842. The number of thioether (sulfide) groups is 1. The predicted octanol–water partition coefficient (Wildman–Crippen LogP) is 4.54. The molecule has 1 saturated carbocycles. The Morgan fingerprint density at radius 1 is 1.37 bits per heavy atom. The molecule has 1 aromatic carbocycles. The number of hydrogen-bond acceptors (Lipinski definition) is 2. The van der Waals surface area contributed by atoms with Gasteiger partial charge in [-0.3, -0.25) is 0 Å². The molecule has 1 aromatic rings. The molecule has 2 rings (SSSR count). The van der Waals surface area contributed by atoms with Crippen LogP contribution < -0.4 is 5.32 Å². The van der Waals surface area contributed by atoms with Crippen molar-refractivity contribution in [1.82, 2.24) is 5.32 Å². The van der Waals surface area contributed by atoms with Crippen molar-refractivity contribution in [2.75, 3.05) is 6.26 Å². The van der Waals surface area contributed by atoms with Gasteiger partial charge in [0.2, 0.25) is 0 Å². The summed E-state index contributed by atoms with van der Waals surface area (Å²) in [5, 5.41) is 4.44. The smallest absolute Gasteiger partial charge is 0.127 e. The van der Waals surface area contributed by atoms with Gasteiger partial charge in [-0.2, -0.15) is 11.8 Å². The van der Waals surface area contributed by atoms with Crippen LogP contribution in [0.15, 0.2) is 24.3 Å². The third-order valence-electron chi connectivity index (χ3n) is 4.09. The number of halogens is 1. The van der Waals surface area contributed by atoms with Gasteiger partial charge in [-0.15, -0.1) is 0 Å². The Morgan fingerprint density at radius 3 is 2.84 bits per heavy atom. The molecule has 0 saturated heterocycles. The van der Waals surface area contributed by atoms with Crippen molar-refractivity contribution >= 4 is 11.8 Å². The molecule has 0 radical (unpaired) electrons. The van der Waals surface area contributed by atoms with Crippen molar-refractivity contribution in [1.29, 1.82) is 0 Å². The number of nitrogens with one attached hydrogen (secondary N) is 1. The second kappa shape index (κ2) is 7.30. The molecule has 0 aliphatic heterocycles. The minimum atomic E-state index is -0.0842. The Labute approximate surface area is 120 Å². The SMILES string of the molecule is CCC(NC1CCCC(SC)C1)c1ccccc1F. The van der Waals surface area contributed by atoms with E-state index in [1.54, 1.807) is 12.1 Å². The maximum atomic E-state index is 13.9. The van der Waals surface area contributed by atoms with Crippen molar-refractivity contribution < 1.29 is 4.39 Å². The van der Waals surface area contributed by atoms with E-state index in [0.717, 1.165) is 17.2 Å². The largest absolute Gasteiger partial charge is 0.307 e. The maximum absolute atomic E-state index is 13.9. The molecule has 0 aromatic heterocycles. The summed E-state index contributed by atoms with van der Waals surface area (Å²) in [7, 11) is 0. The normalized spacial score (nSPS) is 25.2. The summed E-state index contributed by atoms with van der Waals surface area (Å²) >= 11 is 1.97. The van der Waals surface area contributed by atoms with Crippen molar-refractivity contribution in [2.24, 2.45) is 0 Å². The Hall–Kier alpha value is -0.540. The first-order chi connectivity index (χ1) is 9.24. The van der Waals surface area contributed by atoms with Gasteiger partial charge in [-0.05, 0) is 38.0 Å². The molecule has 1 aliphatic rings. The van der Waals surface area contributed by atoms with Gasteiger partial charge in [-0.1, -0.05) is 31.5 Å². The van der Waals surface area contributed by atoms with Gasteiger partial charge in [-0.25, -0.2) is 4.39 Å².